The average Bonchev–Trinajstić information content (AvgIpc) is 3.90. The van der Waals surface area contributed by atoms with Crippen molar-refractivity contribution in [1.29, 1.82) is 10.5 Å². The van der Waals surface area contributed by atoms with Crippen molar-refractivity contribution in [3.8, 4) is 23.3 Å². The first-order chi connectivity index (χ1) is 38.2. The van der Waals surface area contributed by atoms with Gasteiger partial charge in [-0.1, -0.05) is 64.9 Å². The van der Waals surface area contributed by atoms with E-state index in [1.165, 1.54) is 67.6 Å². The number of fused-ring (bicyclic) bond motifs is 1. The van der Waals surface area contributed by atoms with Crippen molar-refractivity contribution in [1.82, 2.24) is 4.98 Å². The second kappa shape index (κ2) is 22.4. The zero-order chi connectivity index (χ0) is 60.1. The maximum Gasteiger partial charge on any atom is 0.296 e. The molecule has 27 nitrogen and oxygen atoms in total. The van der Waals surface area contributed by atoms with Gasteiger partial charge in [0.15, 0.2) is 16.6 Å². The molecule has 0 amide bonds. The number of azo groups is 2. The van der Waals surface area contributed by atoms with E-state index in [-0.39, 0.29) is 82.1 Å². The Balaban J connectivity index is 1.35. The summed E-state index contributed by atoms with van der Waals surface area (Å²) in [6, 6.07) is 25.2. The molecule has 0 saturated carbocycles. The number of nitrogens with one attached hydrogen (secondary N) is 3. The number of nitrogens with zero attached hydrogens (tertiary/aromatic N) is 7. The van der Waals surface area contributed by atoms with Gasteiger partial charge < -0.3 is 10.6 Å². The molecule has 8 N–H and O–H groups in total. The van der Waals surface area contributed by atoms with Gasteiger partial charge in [0.05, 0.1) is 31.1 Å². The van der Waals surface area contributed by atoms with E-state index in [1.807, 2.05) is 12.1 Å². The van der Waals surface area contributed by atoms with Gasteiger partial charge in [0, 0.05) is 39.0 Å². The molecule has 8 rings (SSSR count). The zero-order valence-electron chi connectivity index (χ0n) is 40.3. The maximum absolute atomic E-state index is 13.4. The third-order valence-corrected chi connectivity index (χ3v) is 18.9. The lowest BCUT2D eigenvalue weighted by Gasteiger charge is -2.16. The lowest BCUT2D eigenvalue weighted by molar-refractivity contribution is 0.478. The molecule has 0 bridgehead atoms. The van der Waals surface area contributed by atoms with Crippen LogP contribution in [0.25, 0.3) is 21.9 Å². The number of pyridine rings is 1. The summed E-state index contributed by atoms with van der Waals surface area (Å²) in [6.45, 7) is 1.34. The van der Waals surface area contributed by atoms with Gasteiger partial charge in [0.25, 0.3) is 60.6 Å². The molecule has 0 saturated heterocycles. The van der Waals surface area contributed by atoms with E-state index in [2.05, 4.69) is 40.8 Å². The smallest absolute Gasteiger partial charge is 0.296 e. The fraction of sp³-hybridized carbons (Fsp3) is 0.0217. The van der Waals surface area contributed by atoms with Gasteiger partial charge in [0.1, 0.15) is 48.0 Å². The Morgan fingerprint density at radius 3 is 1.60 bits per heavy atom. The van der Waals surface area contributed by atoms with Crippen LogP contribution in [0.4, 0.5) is 50.1 Å². The van der Waals surface area contributed by atoms with Crippen LogP contribution < -0.4 is 15.4 Å². The molecule has 36 heteroatoms. The van der Waals surface area contributed by atoms with E-state index in [0.29, 0.717) is 29.5 Å². The Kier molecular flexibility index (Phi) is 16.5. The Morgan fingerprint density at radius 2 is 1.05 bits per heavy atom. The lowest BCUT2D eigenvalue weighted by Crippen LogP contribution is -2.12. The summed E-state index contributed by atoms with van der Waals surface area (Å²) in [6.07, 6.45) is 0. The fourth-order valence-electron chi connectivity index (χ4n) is 7.62. The molecule has 0 fully saturated rings. The monoisotopic (exact) mass is 1290 g/mol. The summed E-state index contributed by atoms with van der Waals surface area (Å²) in [4.78, 5) is -0.840. The van der Waals surface area contributed by atoms with Crippen molar-refractivity contribution in [2.45, 2.75) is 36.3 Å². The fourth-order valence-corrected chi connectivity index (χ4v) is 13.7. The normalized spacial score (nSPS) is 12.6. The van der Waals surface area contributed by atoms with Gasteiger partial charge >= 0.3 is 0 Å². The van der Waals surface area contributed by atoms with Crippen LogP contribution in [0.1, 0.15) is 16.7 Å². The molecule has 6 aromatic carbocycles. The molecule has 0 radical (unpaired) electrons. The number of nitriles is 2. The largest absolute Gasteiger partial charge is 0.339 e. The van der Waals surface area contributed by atoms with Crippen molar-refractivity contribution in [2.75, 3.05) is 15.4 Å². The van der Waals surface area contributed by atoms with Crippen molar-refractivity contribution in [3.05, 3.63) is 142 Å². The van der Waals surface area contributed by atoms with Gasteiger partial charge in [-0.2, -0.15) is 52.6 Å². The summed E-state index contributed by atoms with van der Waals surface area (Å²) >= 11 is 12.6. The van der Waals surface area contributed by atoms with Crippen molar-refractivity contribution in [3.63, 3.8) is 0 Å². The van der Waals surface area contributed by atoms with E-state index in [0.717, 1.165) is 30.3 Å². The minimum Gasteiger partial charge on any atom is -0.339 e. The molecule has 2 heterocycles. The van der Waals surface area contributed by atoms with Gasteiger partial charge in [0.2, 0.25) is 0 Å². The predicted molar refractivity (Wildman–Crippen MR) is 296 cm³/mol. The van der Waals surface area contributed by atoms with E-state index in [9.17, 15) is 83.8 Å². The first-order valence-corrected chi connectivity index (χ1v) is 32.1. The van der Waals surface area contributed by atoms with E-state index < -0.39 is 107 Å². The van der Waals surface area contributed by atoms with Gasteiger partial charge in [-0.05, 0) is 97.4 Å². The molecular formula is C46H30Cl2N10O17S7. The number of sulfonamides is 1. The Hall–Kier alpha value is -7.91. The molecule has 0 aliphatic carbocycles. The van der Waals surface area contributed by atoms with Crippen molar-refractivity contribution < 1.29 is 73.3 Å². The van der Waals surface area contributed by atoms with Crippen LogP contribution in [0, 0.1) is 29.6 Å². The zero-order valence-corrected chi connectivity index (χ0v) is 47.6. The minimum atomic E-state index is -5.47. The van der Waals surface area contributed by atoms with E-state index in [4.69, 9.17) is 23.2 Å². The van der Waals surface area contributed by atoms with Crippen LogP contribution in [0.3, 0.4) is 0 Å². The SMILES string of the molecule is Cc1c(C#N)c(Nc2ccc(Cl)c(S(=O)(=O)O)c2)nc(Nc2ccc(Cl)c(S(=O)(=O)O)c2)c1N=Nc1sc(N=Nc2cc(S(=O)(=O)O)c3cc(S(=O)(=O)O)cc(S(=O)(=O)O)c3c2)c(-c2cccc(NS(=O)(=O)c3ccccc3)c2)c1C#N. The van der Waals surface area contributed by atoms with E-state index in [1.54, 1.807) is 6.07 Å². The second-order valence-electron chi connectivity index (χ2n) is 16.6. The molecule has 0 spiro atoms. The molecular weight excluding hydrogens is 1260 g/mol. The summed E-state index contributed by atoms with van der Waals surface area (Å²) < 4.78 is 203. The highest BCUT2D eigenvalue weighted by Gasteiger charge is 2.28. The molecule has 8 aromatic rings. The Morgan fingerprint density at radius 1 is 0.512 bits per heavy atom. The number of halogens is 2. The molecule has 422 valence electrons. The molecule has 82 heavy (non-hydrogen) atoms. The number of anilines is 5. The van der Waals surface area contributed by atoms with E-state index >= 15 is 0 Å². The number of hydrogen-bond donors (Lipinski definition) is 8. The third-order valence-electron chi connectivity index (χ3n) is 11.2. The molecule has 0 aliphatic rings. The van der Waals surface area contributed by atoms with Crippen LogP contribution in [-0.4, -0.2) is 78.3 Å². The van der Waals surface area contributed by atoms with Gasteiger partial charge in [-0.25, -0.2) is 13.4 Å². The molecule has 0 atom stereocenters. The third kappa shape index (κ3) is 13.0. The van der Waals surface area contributed by atoms with Crippen LogP contribution >= 0.6 is 34.5 Å². The number of benzene rings is 6. The van der Waals surface area contributed by atoms with Crippen LogP contribution in [0.2, 0.25) is 10.0 Å². The van der Waals surface area contributed by atoms with Crippen LogP contribution in [0.5, 0.6) is 0 Å². The van der Waals surface area contributed by atoms with Crippen LogP contribution in [0.15, 0.2) is 165 Å². The number of hydrogen-bond acceptors (Lipinski definition) is 22. The quantitative estimate of drug-likeness (QED) is 0.0310. The predicted octanol–water partition coefficient (Wildman–Crippen LogP) is 10.7. The van der Waals surface area contributed by atoms with Crippen molar-refractivity contribution >= 4 is 156 Å². The Bertz CT molecular complexity index is 4900. The molecule has 2 aromatic heterocycles. The molecule has 0 aliphatic heterocycles. The number of rotatable bonds is 17. The van der Waals surface area contributed by atoms with Gasteiger partial charge in [-0.3, -0.25) is 27.5 Å². The number of thiophene rings is 1. The summed E-state index contributed by atoms with van der Waals surface area (Å²) in [5.41, 5.74) is -2.10. The van der Waals surface area contributed by atoms with Crippen molar-refractivity contribution in [2.24, 2.45) is 20.5 Å². The average molecular weight is 1290 g/mol. The van der Waals surface area contributed by atoms with Crippen LogP contribution in [-0.2, 0) is 60.6 Å². The molecule has 0 unspecified atom stereocenters. The second-order valence-corrected chi connectivity index (χ2v) is 27.1. The highest BCUT2D eigenvalue weighted by atomic mass is 35.5. The first kappa shape index (κ1) is 60.2. The topological polar surface area (TPSA) is 452 Å². The minimum absolute atomic E-state index is 0.0270. The summed E-state index contributed by atoms with van der Waals surface area (Å²) in [7, 11) is -30.3. The Labute approximate surface area is 478 Å². The first-order valence-electron chi connectivity index (χ1n) is 21.8. The highest BCUT2D eigenvalue weighted by Crippen LogP contribution is 2.50. The number of aromatic nitrogens is 1. The summed E-state index contributed by atoms with van der Waals surface area (Å²) in [5.74, 6) is -0.674. The maximum atomic E-state index is 13.4. The lowest BCUT2D eigenvalue weighted by atomic mass is 10.0. The van der Waals surface area contributed by atoms with Gasteiger partial charge in [-0.15, -0.1) is 20.5 Å². The summed E-state index contributed by atoms with van der Waals surface area (Å²) in [5, 5.41) is 40.8. The standard InChI is InChI=1S/C46H30Cl2N10O17S7/c1-23-33(21-49)43(51-25-10-12-35(47)39(16-25)81(70,71)72)53-44(52-26-11-13-36(48)40(17-26)82(73,74)75)42(23)55-56-45-34(22-50)41(24-6-5-7-27(14-24)58-77(59,60)29-8-3-2-4-9-29)46(76-45)57-54-28-15-31-32(37(18-28)79(64,65)66)19-30(78(61,62)63)20-38(31)80(67,68)69/h2-20,58H,1H3,(H2,51,52,53)(H,61,62,63)(H,64,65,66)(H,67,68,69)(H,70,71,72)(H,73,74,75). The highest BCUT2D eigenvalue weighted by molar-refractivity contribution is 7.92.